The topological polar surface area (TPSA) is 84.2 Å². The maximum atomic E-state index is 12.2. The van der Waals surface area contributed by atoms with Crippen LogP contribution in [0.4, 0.5) is 5.82 Å². The molecule has 1 N–H and O–H groups in total. The van der Waals surface area contributed by atoms with Gasteiger partial charge in [-0.2, -0.15) is 0 Å². The number of amides is 1. The normalized spacial score (nSPS) is 15.5. The monoisotopic (exact) mass is 337 g/mol. The maximum absolute atomic E-state index is 12.2. The van der Waals surface area contributed by atoms with Crippen LogP contribution in [0.1, 0.15) is 29.1 Å². The predicted molar refractivity (Wildman–Crippen MR) is 93.5 cm³/mol. The maximum Gasteiger partial charge on any atom is 0.273 e. The summed E-state index contributed by atoms with van der Waals surface area (Å²) in [6.45, 7) is 3.43. The van der Waals surface area contributed by atoms with Gasteiger partial charge in [0.2, 0.25) is 0 Å². The lowest BCUT2D eigenvalue weighted by Gasteiger charge is -2.32. The molecule has 0 saturated carbocycles. The minimum atomic E-state index is -0.180. The molecule has 0 radical (unpaired) electrons. The molecule has 128 valence electrons. The Hall–Kier alpha value is -2.96. The molecule has 1 fully saturated rings. The van der Waals surface area contributed by atoms with Crippen molar-refractivity contribution < 1.29 is 9.32 Å². The molecule has 1 aliphatic heterocycles. The quantitative estimate of drug-likeness (QED) is 0.789. The number of aryl methyl sites for hydroxylation is 1. The summed E-state index contributed by atoms with van der Waals surface area (Å²) >= 11 is 0. The average Bonchev–Trinajstić information content (AvgIpc) is 3.08. The van der Waals surface area contributed by atoms with Crippen LogP contribution in [0.15, 0.2) is 41.1 Å². The number of hydrogen-bond acceptors (Lipinski definition) is 6. The number of aromatic nitrogens is 3. The highest BCUT2D eigenvalue weighted by Gasteiger charge is 2.23. The zero-order chi connectivity index (χ0) is 17.2. The van der Waals surface area contributed by atoms with Gasteiger partial charge in [0.1, 0.15) is 11.6 Å². The van der Waals surface area contributed by atoms with Crippen LogP contribution in [0.25, 0.3) is 11.0 Å². The van der Waals surface area contributed by atoms with Crippen molar-refractivity contribution in [2.45, 2.75) is 25.8 Å². The highest BCUT2D eigenvalue weighted by atomic mass is 16.5. The van der Waals surface area contributed by atoms with E-state index in [2.05, 4.69) is 25.3 Å². The van der Waals surface area contributed by atoms with Crippen LogP contribution < -0.4 is 10.2 Å². The lowest BCUT2D eigenvalue weighted by molar-refractivity contribution is 0.0922. The molecule has 7 heteroatoms. The molecule has 0 bridgehead atoms. The predicted octanol–water partition coefficient (Wildman–Crippen LogP) is 2.33. The van der Waals surface area contributed by atoms with Gasteiger partial charge in [0.15, 0.2) is 5.69 Å². The third kappa shape index (κ3) is 3.31. The number of piperidine rings is 1. The molecule has 0 aliphatic carbocycles. The Morgan fingerprint density at radius 2 is 2.00 bits per heavy atom. The van der Waals surface area contributed by atoms with Crippen molar-refractivity contribution in [1.82, 2.24) is 20.4 Å². The van der Waals surface area contributed by atoms with Crippen molar-refractivity contribution in [3.05, 3.63) is 48.0 Å². The Morgan fingerprint density at radius 1 is 1.24 bits per heavy atom. The lowest BCUT2D eigenvalue weighted by Crippen LogP contribution is -2.45. The van der Waals surface area contributed by atoms with E-state index >= 15 is 0 Å². The number of benzene rings is 1. The second-order valence-corrected chi connectivity index (χ2v) is 6.27. The summed E-state index contributed by atoms with van der Waals surface area (Å²) in [6.07, 6.45) is 3.54. The number of carbonyl (C=O) groups is 1. The number of hydrogen-bond donors (Lipinski definition) is 1. The van der Waals surface area contributed by atoms with E-state index in [0.717, 1.165) is 42.8 Å². The van der Waals surface area contributed by atoms with Crippen LogP contribution >= 0.6 is 0 Å². The smallest absolute Gasteiger partial charge is 0.273 e. The highest BCUT2D eigenvalue weighted by Crippen LogP contribution is 2.20. The van der Waals surface area contributed by atoms with Crippen LogP contribution in [-0.4, -0.2) is 40.2 Å². The molecule has 2 aromatic heterocycles. The van der Waals surface area contributed by atoms with Crippen molar-refractivity contribution in [3.8, 4) is 0 Å². The number of nitrogens with zero attached hydrogens (tertiary/aromatic N) is 4. The average molecular weight is 337 g/mol. The van der Waals surface area contributed by atoms with E-state index in [4.69, 9.17) is 4.52 Å². The second-order valence-electron chi connectivity index (χ2n) is 6.27. The zero-order valence-electron chi connectivity index (χ0n) is 14.0. The molecule has 0 unspecified atom stereocenters. The van der Waals surface area contributed by atoms with E-state index < -0.39 is 0 Å². The van der Waals surface area contributed by atoms with Gasteiger partial charge in [-0.1, -0.05) is 17.3 Å². The summed E-state index contributed by atoms with van der Waals surface area (Å²) in [5.41, 5.74) is 2.13. The Morgan fingerprint density at radius 3 is 2.72 bits per heavy atom. The van der Waals surface area contributed by atoms with Gasteiger partial charge >= 0.3 is 0 Å². The fourth-order valence-corrected chi connectivity index (χ4v) is 3.09. The van der Waals surface area contributed by atoms with Crippen molar-refractivity contribution >= 4 is 22.8 Å². The summed E-state index contributed by atoms with van der Waals surface area (Å²) in [7, 11) is 0. The van der Waals surface area contributed by atoms with Crippen molar-refractivity contribution in [2.75, 3.05) is 18.0 Å². The van der Waals surface area contributed by atoms with E-state index in [1.165, 1.54) is 0 Å². The van der Waals surface area contributed by atoms with Crippen LogP contribution in [0.5, 0.6) is 0 Å². The second kappa shape index (κ2) is 6.51. The fourth-order valence-electron chi connectivity index (χ4n) is 3.09. The first-order valence-corrected chi connectivity index (χ1v) is 8.40. The summed E-state index contributed by atoms with van der Waals surface area (Å²) in [4.78, 5) is 23.5. The van der Waals surface area contributed by atoms with Gasteiger partial charge in [-0.3, -0.25) is 9.78 Å². The molecule has 7 nitrogen and oxygen atoms in total. The molecule has 3 heterocycles. The molecule has 25 heavy (non-hydrogen) atoms. The summed E-state index contributed by atoms with van der Waals surface area (Å²) in [5, 5.41) is 6.78. The van der Waals surface area contributed by atoms with Crippen LogP contribution in [0.3, 0.4) is 0 Å². The number of nitrogens with one attached hydrogen (secondary N) is 1. The van der Waals surface area contributed by atoms with E-state index in [-0.39, 0.29) is 11.9 Å². The summed E-state index contributed by atoms with van der Waals surface area (Å²) < 4.78 is 4.95. The molecular weight excluding hydrogens is 318 g/mol. The Bertz CT molecular complexity index is 899. The van der Waals surface area contributed by atoms with E-state index in [1.807, 2.05) is 30.5 Å². The third-order valence-corrected chi connectivity index (χ3v) is 4.45. The van der Waals surface area contributed by atoms with Gasteiger partial charge < -0.3 is 14.7 Å². The SMILES string of the molecule is Cc1cc(C(=O)NC2CCN(c3cnc4ccccc4n3)CC2)no1. The van der Waals surface area contributed by atoms with Crippen LogP contribution in [0, 0.1) is 6.92 Å². The van der Waals surface area contributed by atoms with Crippen molar-refractivity contribution in [1.29, 1.82) is 0 Å². The van der Waals surface area contributed by atoms with Gasteiger partial charge in [-0.15, -0.1) is 0 Å². The Kier molecular flexibility index (Phi) is 4.05. The van der Waals surface area contributed by atoms with Gasteiger partial charge in [-0.25, -0.2) is 4.98 Å². The molecule has 1 aromatic carbocycles. The first-order valence-electron chi connectivity index (χ1n) is 8.40. The fraction of sp³-hybridized carbons (Fsp3) is 0.333. The highest BCUT2D eigenvalue weighted by molar-refractivity contribution is 5.92. The molecule has 4 rings (SSSR count). The first-order chi connectivity index (χ1) is 12.2. The molecular formula is C18H19N5O2. The standard InChI is InChI=1S/C18H19N5O2/c1-12-10-16(22-25-12)18(24)20-13-6-8-23(9-7-13)17-11-19-14-4-2-3-5-15(14)21-17/h2-5,10-11,13H,6-9H2,1H3,(H,20,24). The Labute approximate surface area is 145 Å². The zero-order valence-corrected chi connectivity index (χ0v) is 14.0. The van der Waals surface area contributed by atoms with E-state index in [1.54, 1.807) is 13.0 Å². The lowest BCUT2D eigenvalue weighted by atomic mass is 10.0. The van der Waals surface area contributed by atoms with Crippen molar-refractivity contribution in [3.63, 3.8) is 0 Å². The van der Waals surface area contributed by atoms with Crippen LogP contribution in [-0.2, 0) is 0 Å². The summed E-state index contributed by atoms with van der Waals surface area (Å²) in [6, 6.07) is 9.64. The molecule has 1 aliphatic rings. The van der Waals surface area contributed by atoms with Gasteiger partial charge in [0.05, 0.1) is 17.2 Å². The number of fused-ring (bicyclic) bond motifs is 1. The third-order valence-electron chi connectivity index (χ3n) is 4.45. The minimum absolute atomic E-state index is 0.133. The van der Waals surface area contributed by atoms with Crippen molar-refractivity contribution in [2.24, 2.45) is 0 Å². The largest absolute Gasteiger partial charge is 0.361 e. The van der Waals surface area contributed by atoms with Gasteiger partial charge in [0, 0.05) is 25.2 Å². The molecule has 0 spiro atoms. The first kappa shape index (κ1) is 15.6. The molecule has 0 atom stereocenters. The molecule has 3 aromatic rings. The minimum Gasteiger partial charge on any atom is -0.361 e. The number of rotatable bonds is 3. The Balaban J connectivity index is 1.38. The number of para-hydroxylation sites is 2. The van der Waals surface area contributed by atoms with E-state index in [9.17, 15) is 4.79 Å². The number of anilines is 1. The molecule has 1 amide bonds. The summed E-state index contributed by atoms with van der Waals surface area (Å²) in [5.74, 6) is 1.34. The van der Waals surface area contributed by atoms with Gasteiger partial charge in [0.25, 0.3) is 5.91 Å². The molecule has 1 saturated heterocycles. The van der Waals surface area contributed by atoms with E-state index in [0.29, 0.717) is 11.5 Å². The van der Waals surface area contributed by atoms with Gasteiger partial charge in [-0.05, 0) is 31.9 Å². The van der Waals surface area contributed by atoms with Crippen LogP contribution in [0.2, 0.25) is 0 Å². The number of carbonyl (C=O) groups excluding carboxylic acids is 1.